The number of hydrogen-bond acceptors (Lipinski definition) is 4. The van der Waals surface area contributed by atoms with E-state index in [0.29, 0.717) is 6.54 Å². The minimum Gasteiger partial charge on any atom is -0.324 e. The highest BCUT2D eigenvalue weighted by molar-refractivity contribution is 6.03. The number of fused-ring (bicyclic) bond motifs is 2. The summed E-state index contributed by atoms with van der Waals surface area (Å²) in [5.74, 6) is 0.0839. The second kappa shape index (κ2) is 9.16. The van der Waals surface area contributed by atoms with Crippen LogP contribution in [0.15, 0.2) is 54.6 Å². The summed E-state index contributed by atoms with van der Waals surface area (Å²) in [6.45, 7) is 5.27. The van der Waals surface area contributed by atoms with Gasteiger partial charge in [-0.1, -0.05) is 48.5 Å². The molecule has 160 valence electrons. The molecule has 1 aliphatic heterocycles. The summed E-state index contributed by atoms with van der Waals surface area (Å²) < 4.78 is 0. The Labute approximate surface area is 184 Å². The number of carbonyl (C=O) groups is 1. The Bertz CT molecular complexity index is 1060. The predicted octanol–water partition coefficient (Wildman–Crippen LogP) is 3.87. The van der Waals surface area contributed by atoms with E-state index in [1.54, 1.807) is 0 Å². The molecule has 5 rings (SSSR count). The standard InChI is InChI=1S/C26H30N4O/c31-25(19-30-16-14-29(15-17-30)18-20-8-2-1-3-9-20)28-26-21-10-4-6-12-23(21)27-24-13-7-5-11-22(24)26/h1-4,6,8-10,12H,5,7,11,13-19H2,(H,27,28,31). The zero-order chi connectivity index (χ0) is 21.0. The number of pyridine rings is 1. The molecule has 0 atom stereocenters. The van der Waals surface area contributed by atoms with Crippen LogP contribution in [0.4, 0.5) is 5.69 Å². The molecular weight excluding hydrogens is 384 g/mol. The van der Waals surface area contributed by atoms with Crippen LogP contribution >= 0.6 is 0 Å². The maximum absolute atomic E-state index is 13.0. The number of piperazine rings is 1. The second-order valence-electron chi connectivity index (χ2n) is 8.72. The Morgan fingerprint density at radius 3 is 2.42 bits per heavy atom. The fraction of sp³-hybridized carbons (Fsp3) is 0.385. The first-order valence-electron chi connectivity index (χ1n) is 11.5. The summed E-state index contributed by atoms with van der Waals surface area (Å²) in [4.78, 5) is 22.6. The molecular formula is C26H30N4O. The SMILES string of the molecule is O=C(CN1CCN(Cc2ccccc2)CC1)Nc1c2c(nc3ccccc13)CCCC2. The molecule has 0 saturated carbocycles. The minimum absolute atomic E-state index is 0.0839. The molecule has 2 aliphatic rings. The number of hydrogen-bond donors (Lipinski definition) is 1. The van der Waals surface area contributed by atoms with E-state index in [1.165, 1.54) is 24.0 Å². The summed E-state index contributed by atoms with van der Waals surface area (Å²) in [6, 6.07) is 18.8. The van der Waals surface area contributed by atoms with Crippen molar-refractivity contribution < 1.29 is 4.79 Å². The Balaban J connectivity index is 1.23. The molecule has 2 aromatic carbocycles. The highest BCUT2D eigenvalue weighted by atomic mass is 16.2. The number of aryl methyl sites for hydroxylation is 1. The molecule has 0 radical (unpaired) electrons. The fourth-order valence-corrected chi connectivity index (χ4v) is 4.84. The van der Waals surface area contributed by atoms with Crippen LogP contribution in [-0.4, -0.2) is 53.4 Å². The second-order valence-corrected chi connectivity index (χ2v) is 8.72. The van der Waals surface area contributed by atoms with Gasteiger partial charge in [0.15, 0.2) is 0 Å². The van der Waals surface area contributed by atoms with Gasteiger partial charge in [-0.2, -0.15) is 0 Å². The first-order valence-corrected chi connectivity index (χ1v) is 11.5. The molecule has 1 aliphatic carbocycles. The van der Waals surface area contributed by atoms with Crippen LogP contribution in [0.2, 0.25) is 0 Å². The van der Waals surface area contributed by atoms with Gasteiger partial charge in [0, 0.05) is 43.8 Å². The molecule has 0 unspecified atom stereocenters. The summed E-state index contributed by atoms with van der Waals surface area (Å²) >= 11 is 0. The van der Waals surface area contributed by atoms with Crippen LogP contribution in [0.5, 0.6) is 0 Å². The lowest BCUT2D eigenvalue weighted by molar-refractivity contribution is -0.117. The van der Waals surface area contributed by atoms with E-state index in [9.17, 15) is 4.79 Å². The number of aromatic nitrogens is 1. The zero-order valence-electron chi connectivity index (χ0n) is 18.0. The molecule has 0 spiro atoms. The molecule has 0 bridgehead atoms. The molecule has 3 aromatic rings. The zero-order valence-corrected chi connectivity index (χ0v) is 18.0. The number of nitrogens with zero attached hydrogens (tertiary/aromatic N) is 3. The lowest BCUT2D eigenvalue weighted by Crippen LogP contribution is -2.48. The van der Waals surface area contributed by atoms with Crippen molar-refractivity contribution in [2.24, 2.45) is 0 Å². The third kappa shape index (κ3) is 4.63. The van der Waals surface area contributed by atoms with Gasteiger partial charge in [-0.15, -0.1) is 0 Å². The molecule has 5 heteroatoms. The van der Waals surface area contributed by atoms with Gasteiger partial charge < -0.3 is 5.32 Å². The number of amides is 1. The third-order valence-electron chi connectivity index (χ3n) is 6.51. The van der Waals surface area contributed by atoms with Crippen molar-refractivity contribution in [3.63, 3.8) is 0 Å². The number of nitrogens with one attached hydrogen (secondary N) is 1. The molecule has 1 saturated heterocycles. The van der Waals surface area contributed by atoms with Crippen LogP contribution in [0.25, 0.3) is 10.9 Å². The first-order chi connectivity index (χ1) is 15.3. The number of anilines is 1. The Morgan fingerprint density at radius 2 is 1.58 bits per heavy atom. The molecule has 1 N–H and O–H groups in total. The van der Waals surface area contributed by atoms with E-state index in [0.717, 1.165) is 67.8 Å². The van der Waals surface area contributed by atoms with Crippen molar-refractivity contribution in [3.05, 3.63) is 71.4 Å². The van der Waals surface area contributed by atoms with Crippen molar-refractivity contribution in [2.45, 2.75) is 32.2 Å². The van der Waals surface area contributed by atoms with E-state index >= 15 is 0 Å². The van der Waals surface area contributed by atoms with Crippen LogP contribution < -0.4 is 5.32 Å². The summed E-state index contributed by atoms with van der Waals surface area (Å²) in [6.07, 6.45) is 4.35. The van der Waals surface area contributed by atoms with Crippen LogP contribution in [0.1, 0.15) is 29.7 Å². The van der Waals surface area contributed by atoms with E-state index in [2.05, 4.69) is 51.5 Å². The summed E-state index contributed by atoms with van der Waals surface area (Å²) in [7, 11) is 0. The van der Waals surface area contributed by atoms with Crippen molar-refractivity contribution >= 4 is 22.5 Å². The van der Waals surface area contributed by atoms with Crippen molar-refractivity contribution in [2.75, 3.05) is 38.0 Å². The maximum Gasteiger partial charge on any atom is 0.238 e. The molecule has 1 fully saturated rings. The van der Waals surface area contributed by atoms with Crippen LogP contribution in [0, 0.1) is 0 Å². The third-order valence-corrected chi connectivity index (χ3v) is 6.51. The van der Waals surface area contributed by atoms with Gasteiger partial charge >= 0.3 is 0 Å². The molecule has 1 aromatic heterocycles. The molecule has 31 heavy (non-hydrogen) atoms. The average molecular weight is 415 g/mol. The van der Waals surface area contributed by atoms with Crippen LogP contribution in [-0.2, 0) is 24.2 Å². The van der Waals surface area contributed by atoms with Gasteiger partial charge in [-0.05, 0) is 42.9 Å². The van der Waals surface area contributed by atoms with Gasteiger partial charge in [-0.25, -0.2) is 0 Å². The highest BCUT2D eigenvalue weighted by Gasteiger charge is 2.22. The highest BCUT2D eigenvalue weighted by Crippen LogP contribution is 2.33. The fourth-order valence-electron chi connectivity index (χ4n) is 4.84. The maximum atomic E-state index is 13.0. The quantitative estimate of drug-likeness (QED) is 0.689. The largest absolute Gasteiger partial charge is 0.324 e. The average Bonchev–Trinajstić information content (AvgIpc) is 2.81. The molecule has 2 heterocycles. The van der Waals surface area contributed by atoms with Crippen LogP contribution in [0.3, 0.4) is 0 Å². The summed E-state index contributed by atoms with van der Waals surface area (Å²) in [5.41, 5.74) is 5.73. The van der Waals surface area contributed by atoms with E-state index < -0.39 is 0 Å². The normalized spacial score (nSPS) is 17.4. The van der Waals surface area contributed by atoms with Crippen molar-refractivity contribution in [1.29, 1.82) is 0 Å². The Hall–Kier alpha value is -2.76. The van der Waals surface area contributed by atoms with Gasteiger partial charge in [0.25, 0.3) is 0 Å². The van der Waals surface area contributed by atoms with Gasteiger partial charge in [0.2, 0.25) is 5.91 Å². The monoisotopic (exact) mass is 414 g/mol. The number of rotatable bonds is 5. The van der Waals surface area contributed by atoms with E-state index in [-0.39, 0.29) is 5.91 Å². The van der Waals surface area contributed by atoms with Gasteiger partial charge in [0.1, 0.15) is 0 Å². The Kier molecular flexibility index (Phi) is 5.96. The number of carbonyl (C=O) groups excluding carboxylic acids is 1. The minimum atomic E-state index is 0.0839. The van der Waals surface area contributed by atoms with Crippen molar-refractivity contribution in [3.8, 4) is 0 Å². The summed E-state index contributed by atoms with van der Waals surface area (Å²) in [5, 5.41) is 4.34. The van der Waals surface area contributed by atoms with Gasteiger partial charge in [0.05, 0.1) is 17.7 Å². The molecule has 5 nitrogen and oxygen atoms in total. The van der Waals surface area contributed by atoms with E-state index in [4.69, 9.17) is 4.98 Å². The predicted molar refractivity (Wildman–Crippen MR) is 125 cm³/mol. The van der Waals surface area contributed by atoms with Crippen molar-refractivity contribution in [1.82, 2.24) is 14.8 Å². The topological polar surface area (TPSA) is 48.5 Å². The van der Waals surface area contributed by atoms with Gasteiger partial charge in [-0.3, -0.25) is 19.6 Å². The Morgan fingerprint density at radius 1 is 0.871 bits per heavy atom. The molecule has 1 amide bonds. The first kappa shape index (κ1) is 20.2. The number of para-hydroxylation sites is 1. The van der Waals surface area contributed by atoms with E-state index in [1.807, 2.05) is 18.2 Å². The number of benzene rings is 2. The smallest absolute Gasteiger partial charge is 0.238 e. The lowest BCUT2D eigenvalue weighted by atomic mass is 9.92. The lowest BCUT2D eigenvalue weighted by Gasteiger charge is -2.34.